The van der Waals surface area contributed by atoms with Gasteiger partial charge >= 0.3 is 0 Å². The number of thiophene rings is 1. The lowest BCUT2D eigenvalue weighted by Crippen LogP contribution is -2.28. The molecule has 0 fully saturated rings. The Kier molecular flexibility index (Phi) is 4.19. The van der Waals surface area contributed by atoms with Crippen LogP contribution >= 0.6 is 11.3 Å². The number of hydrogen-bond donors (Lipinski definition) is 2. The van der Waals surface area contributed by atoms with Gasteiger partial charge in [0, 0.05) is 17.5 Å². The molecule has 6 nitrogen and oxygen atoms in total. The summed E-state index contributed by atoms with van der Waals surface area (Å²) in [6.07, 6.45) is 0. The molecule has 0 amide bonds. The monoisotopic (exact) mass is 325 g/mol. The van der Waals surface area contributed by atoms with E-state index < -0.39 is 10.0 Å². The van der Waals surface area contributed by atoms with Crippen LogP contribution in [0.2, 0.25) is 0 Å². The molecule has 0 atom stereocenters. The number of anilines is 1. The minimum absolute atomic E-state index is 0.144. The van der Waals surface area contributed by atoms with E-state index >= 15 is 0 Å². The number of para-hydroxylation sites is 1. The zero-order valence-electron chi connectivity index (χ0n) is 11.5. The average Bonchev–Trinajstić information content (AvgIpc) is 2.93. The fraction of sp³-hybridized carbons (Fsp3) is 0.154. The first kappa shape index (κ1) is 15.3. The number of aryl methyl sites for hydroxylation is 1. The van der Waals surface area contributed by atoms with Gasteiger partial charge < -0.3 is 10.9 Å². The lowest BCUT2D eigenvalue weighted by atomic mass is 10.1. The van der Waals surface area contributed by atoms with Gasteiger partial charge in [-0.05, 0) is 31.2 Å². The number of nitrogens with two attached hydrogens (primary N) is 1. The van der Waals surface area contributed by atoms with Gasteiger partial charge in [0.25, 0.3) is 10.0 Å². The van der Waals surface area contributed by atoms with E-state index in [0.717, 1.165) is 9.18 Å². The second-order valence-electron chi connectivity index (χ2n) is 4.34. The highest BCUT2D eigenvalue weighted by Crippen LogP contribution is 2.29. The zero-order valence-corrected chi connectivity index (χ0v) is 13.1. The van der Waals surface area contributed by atoms with Crippen LogP contribution in [-0.2, 0) is 10.0 Å². The number of amidine groups is 1. The van der Waals surface area contributed by atoms with Gasteiger partial charge in [0.15, 0.2) is 5.84 Å². The lowest BCUT2D eigenvalue weighted by Gasteiger charge is -2.21. The quantitative estimate of drug-likeness (QED) is 0.389. The summed E-state index contributed by atoms with van der Waals surface area (Å²) in [5.41, 5.74) is 6.29. The number of oxime groups is 1. The Hall–Kier alpha value is -2.06. The van der Waals surface area contributed by atoms with E-state index in [1.807, 2.05) is 6.92 Å². The van der Waals surface area contributed by atoms with Crippen molar-refractivity contribution in [2.75, 3.05) is 11.4 Å². The highest BCUT2D eigenvalue weighted by atomic mass is 32.2. The van der Waals surface area contributed by atoms with Crippen LogP contribution in [-0.4, -0.2) is 26.5 Å². The Morgan fingerprint density at radius 2 is 1.95 bits per heavy atom. The molecule has 0 aliphatic heterocycles. The molecule has 2 rings (SSSR count). The Balaban J connectivity index is 2.53. The van der Waals surface area contributed by atoms with E-state index in [2.05, 4.69) is 5.16 Å². The molecule has 1 heterocycles. The number of hydrogen-bond acceptors (Lipinski definition) is 5. The third-order valence-electron chi connectivity index (χ3n) is 2.96. The van der Waals surface area contributed by atoms with E-state index in [1.165, 1.54) is 18.4 Å². The first-order valence-electron chi connectivity index (χ1n) is 6.00. The molecule has 21 heavy (non-hydrogen) atoms. The highest BCUT2D eigenvalue weighted by Gasteiger charge is 2.25. The Morgan fingerprint density at radius 1 is 1.29 bits per heavy atom. The summed E-state index contributed by atoms with van der Waals surface area (Å²) in [7, 11) is -2.24. The molecule has 1 aromatic carbocycles. The molecule has 0 unspecified atom stereocenters. The summed E-state index contributed by atoms with van der Waals surface area (Å²) in [6.45, 7) is 1.84. The SMILES string of the molecule is Cc1ccc(S(=O)(=O)N(C)c2ccccc2/C(N)=N/O)s1. The lowest BCUT2D eigenvalue weighted by molar-refractivity contribution is 0.318. The molecule has 3 N–H and O–H groups in total. The van der Waals surface area contributed by atoms with Crippen LogP contribution in [0.15, 0.2) is 45.8 Å². The number of rotatable bonds is 4. The first-order chi connectivity index (χ1) is 9.87. The maximum atomic E-state index is 12.6. The molecular weight excluding hydrogens is 310 g/mol. The van der Waals surface area contributed by atoms with Gasteiger partial charge in [-0.3, -0.25) is 4.31 Å². The Morgan fingerprint density at radius 3 is 2.52 bits per heavy atom. The normalized spacial score (nSPS) is 12.4. The van der Waals surface area contributed by atoms with Crippen LogP contribution in [0, 0.1) is 6.92 Å². The summed E-state index contributed by atoms with van der Waals surface area (Å²) in [5, 5.41) is 11.8. The van der Waals surface area contributed by atoms with Gasteiger partial charge in [0.1, 0.15) is 4.21 Å². The van der Waals surface area contributed by atoms with Crippen LogP contribution in [0.25, 0.3) is 0 Å². The van der Waals surface area contributed by atoms with E-state index in [4.69, 9.17) is 10.9 Å². The molecule has 0 radical (unpaired) electrons. The van der Waals surface area contributed by atoms with Crippen molar-refractivity contribution in [2.24, 2.45) is 10.9 Å². The summed E-state index contributed by atoms with van der Waals surface area (Å²) in [4.78, 5) is 0.909. The second kappa shape index (κ2) is 5.74. The van der Waals surface area contributed by atoms with E-state index in [9.17, 15) is 8.42 Å². The Labute approximate surface area is 127 Å². The van der Waals surface area contributed by atoms with Crippen molar-refractivity contribution in [3.05, 3.63) is 46.8 Å². The molecular formula is C13H15N3O3S2. The highest BCUT2D eigenvalue weighted by molar-refractivity contribution is 7.94. The Bertz CT molecular complexity index is 781. The number of nitrogens with zero attached hydrogens (tertiary/aromatic N) is 2. The maximum Gasteiger partial charge on any atom is 0.273 e. The smallest absolute Gasteiger partial charge is 0.273 e. The second-order valence-corrected chi connectivity index (χ2v) is 7.82. The predicted octanol–water partition coefficient (Wildman–Crippen LogP) is 1.98. The summed E-state index contributed by atoms with van der Waals surface area (Å²) >= 11 is 1.20. The topological polar surface area (TPSA) is 96.0 Å². The maximum absolute atomic E-state index is 12.6. The number of benzene rings is 1. The average molecular weight is 325 g/mol. The predicted molar refractivity (Wildman–Crippen MR) is 83.6 cm³/mol. The summed E-state index contributed by atoms with van der Waals surface area (Å²) < 4.78 is 26.6. The molecule has 0 bridgehead atoms. The van der Waals surface area contributed by atoms with Crippen LogP contribution in [0.1, 0.15) is 10.4 Å². The van der Waals surface area contributed by atoms with Gasteiger partial charge in [-0.15, -0.1) is 11.3 Å². The third kappa shape index (κ3) is 2.86. The van der Waals surface area contributed by atoms with E-state index in [-0.39, 0.29) is 10.0 Å². The van der Waals surface area contributed by atoms with Crippen LogP contribution in [0.4, 0.5) is 5.69 Å². The summed E-state index contributed by atoms with van der Waals surface area (Å²) in [6, 6.07) is 9.89. The van der Waals surface area contributed by atoms with Crippen molar-refractivity contribution in [1.82, 2.24) is 0 Å². The standard InChI is InChI=1S/C13H15N3O3S2/c1-9-7-8-12(20-9)21(18,19)16(2)11-6-4-3-5-10(11)13(14)15-17/h3-8,17H,1-2H3,(H2,14,15). The van der Waals surface area contributed by atoms with Crippen LogP contribution in [0.5, 0.6) is 0 Å². The van der Waals surface area contributed by atoms with Gasteiger partial charge in [-0.25, -0.2) is 8.42 Å². The molecule has 1 aromatic heterocycles. The van der Waals surface area contributed by atoms with Gasteiger partial charge in [0.05, 0.1) is 5.69 Å². The molecule has 0 saturated carbocycles. The van der Waals surface area contributed by atoms with Gasteiger partial charge in [-0.2, -0.15) is 0 Å². The zero-order chi connectivity index (χ0) is 15.6. The number of sulfonamides is 1. The largest absolute Gasteiger partial charge is 0.409 e. The van der Waals surface area contributed by atoms with Crippen molar-refractivity contribution in [3.63, 3.8) is 0 Å². The molecule has 112 valence electrons. The van der Waals surface area contributed by atoms with Crippen LogP contribution in [0.3, 0.4) is 0 Å². The van der Waals surface area contributed by atoms with Crippen molar-refractivity contribution in [3.8, 4) is 0 Å². The van der Waals surface area contributed by atoms with Crippen LogP contribution < -0.4 is 10.0 Å². The molecule has 8 heteroatoms. The minimum Gasteiger partial charge on any atom is -0.409 e. The fourth-order valence-corrected chi connectivity index (χ4v) is 4.50. The molecule has 0 aliphatic rings. The van der Waals surface area contributed by atoms with Crippen molar-refractivity contribution >= 4 is 32.9 Å². The van der Waals surface area contributed by atoms with Crippen molar-refractivity contribution in [2.45, 2.75) is 11.1 Å². The van der Waals surface area contributed by atoms with E-state index in [1.54, 1.807) is 36.4 Å². The third-order valence-corrected chi connectivity index (χ3v) is 6.20. The van der Waals surface area contributed by atoms with Gasteiger partial charge in [-0.1, -0.05) is 17.3 Å². The first-order valence-corrected chi connectivity index (χ1v) is 8.26. The molecule has 0 saturated heterocycles. The minimum atomic E-state index is -3.68. The molecule has 0 aliphatic carbocycles. The van der Waals surface area contributed by atoms with E-state index in [0.29, 0.717) is 11.3 Å². The molecule has 0 spiro atoms. The van der Waals surface area contributed by atoms with Crippen molar-refractivity contribution < 1.29 is 13.6 Å². The fourth-order valence-electron chi connectivity index (χ4n) is 1.83. The van der Waals surface area contributed by atoms with Crippen molar-refractivity contribution in [1.29, 1.82) is 0 Å². The van der Waals surface area contributed by atoms with Gasteiger partial charge in [0.2, 0.25) is 0 Å². The summed E-state index contributed by atoms with van der Waals surface area (Å²) in [5.74, 6) is -0.144. The molecule has 2 aromatic rings.